The Morgan fingerprint density at radius 2 is 1.66 bits per heavy atom. The van der Waals surface area contributed by atoms with Crippen molar-refractivity contribution in [1.82, 2.24) is 10.6 Å². The number of phenolic OH excluding ortho intramolecular Hbond substituents is 2. The van der Waals surface area contributed by atoms with Gasteiger partial charge in [0.1, 0.15) is 28.9 Å². The Hall–Kier alpha value is -5.95. The van der Waals surface area contributed by atoms with Crippen LogP contribution in [-0.2, 0) is 20.7 Å². The summed E-state index contributed by atoms with van der Waals surface area (Å²) in [6.45, 7) is 2.79. The number of fused-ring (bicyclic) bond motifs is 7. The maximum Gasteiger partial charge on any atom is 0.336 e. The van der Waals surface area contributed by atoms with E-state index in [0.717, 1.165) is 38.5 Å². The topological polar surface area (TPSA) is 187 Å². The number of carbonyl (C=O) groups excluding carboxylic acids is 2. The Bertz CT molecular complexity index is 2480. The highest BCUT2D eigenvalue weighted by Gasteiger charge is 2.56. The van der Waals surface area contributed by atoms with Crippen molar-refractivity contribution in [3.8, 4) is 33.9 Å². The predicted molar refractivity (Wildman–Crippen MR) is 222 cm³/mol. The van der Waals surface area contributed by atoms with E-state index < -0.39 is 5.97 Å². The van der Waals surface area contributed by atoms with Crippen molar-refractivity contribution in [2.45, 2.75) is 70.3 Å². The van der Waals surface area contributed by atoms with Crippen LogP contribution in [0.3, 0.4) is 0 Å². The number of aromatic hydroxyl groups is 2. The fourth-order valence-corrected chi connectivity index (χ4v) is 10.2. The molecule has 8 rings (SSSR count). The Morgan fingerprint density at radius 1 is 0.879 bits per heavy atom. The smallest absolute Gasteiger partial charge is 0.336 e. The third-order valence-electron chi connectivity index (χ3n) is 12.6. The van der Waals surface area contributed by atoms with Gasteiger partial charge in [0.25, 0.3) is 0 Å². The first-order chi connectivity index (χ1) is 27.9. The van der Waals surface area contributed by atoms with Gasteiger partial charge in [0.2, 0.25) is 5.91 Å². The quantitative estimate of drug-likeness (QED) is 0.0358. The molecular weight excluding hydrogens is 759 g/mol. The van der Waals surface area contributed by atoms with E-state index in [2.05, 4.69) is 28.9 Å². The maximum absolute atomic E-state index is 13.0. The number of carboxylic acids is 1. The molecule has 1 aliphatic heterocycles. The monoisotopic (exact) mass is 803 g/mol. The standard InChI is InChI=1S/C45H45N3O9S/c1-45-17-16-30-29-9-4-26(49)20-24(29)2-7-31(30)36(45)12-13-39(45)57-41(53)15-14-40(52)46-18-19-47-44(58)48-25-3-8-32(35(21-25)43(54)55)42-33-10-5-27(50)22-37(33)56-38-23-28(51)6-11-34(38)42/h3-6,8-11,20-23,30-31,36,39,49-50H,2,7,12-19H2,1H3,(H,46,52)(H,54,55)(H2,47,48,58)/t30-,31-,36+,39?,45+/m1/s1. The number of thiocarbonyl (C=S) groups is 1. The zero-order chi connectivity index (χ0) is 40.7. The fourth-order valence-electron chi connectivity index (χ4n) is 9.96. The Balaban J connectivity index is 0.813. The summed E-state index contributed by atoms with van der Waals surface area (Å²) < 4.78 is 12.0. The molecule has 0 spiro atoms. The number of phenols is 2. The van der Waals surface area contributed by atoms with Gasteiger partial charge in [-0.1, -0.05) is 19.1 Å². The molecule has 300 valence electrons. The van der Waals surface area contributed by atoms with Crippen molar-refractivity contribution in [3.63, 3.8) is 0 Å². The van der Waals surface area contributed by atoms with Crippen LogP contribution in [0.4, 0.5) is 5.69 Å². The van der Waals surface area contributed by atoms with Crippen LogP contribution in [0.5, 0.6) is 11.5 Å². The highest BCUT2D eigenvalue weighted by Crippen LogP contribution is 2.61. The lowest BCUT2D eigenvalue weighted by Gasteiger charge is -2.50. The minimum Gasteiger partial charge on any atom is -0.508 e. The Morgan fingerprint density at radius 3 is 2.48 bits per heavy atom. The number of benzene rings is 4. The molecule has 3 aromatic carbocycles. The van der Waals surface area contributed by atoms with Gasteiger partial charge in [0, 0.05) is 59.3 Å². The molecule has 0 aromatic heterocycles. The number of hydrogen-bond donors (Lipinski definition) is 6. The van der Waals surface area contributed by atoms with E-state index in [1.807, 2.05) is 6.07 Å². The van der Waals surface area contributed by atoms with Crippen LogP contribution < -0.4 is 21.4 Å². The first-order valence-electron chi connectivity index (χ1n) is 19.8. The Kier molecular flexibility index (Phi) is 10.6. The molecule has 0 radical (unpaired) electrons. The lowest BCUT2D eigenvalue weighted by atomic mass is 9.55. The molecular formula is C45H45N3O9S. The van der Waals surface area contributed by atoms with E-state index >= 15 is 0 Å². The van der Waals surface area contributed by atoms with Crippen molar-refractivity contribution >= 4 is 51.8 Å². The molecule has 12 nitrogen and oxygen atoms in total. The molecule has 0 bridgehead atoms. The Labute approximate surface area is 340 Å². The molecule has 58 heavy (non-hydrogen) atoms. The number of rotatable bonds is 10. The van der Waals surface area contributed by atoms with E-state index in [9.17, 15) is 34.5 Å². The van der Waals surface area contributed by atoms with Gasteiger partial charge in [-0.3, -0.25) is 14.4 Å². The van der Waals surface area contributed by atoms with Gasteiger partial charge >= 0.3 is 11.9 Å². The summed E-state index contributed by atoms with van der Waals surface area (Å²) >= 11 is 5.44. The second-order valence-corrected chi connectivity index (χ2v) is 16.4. The van der Waals surface area contributed by atoms with Crippen LogP contribution in [0.15, 0.2) is 82.0 Å². The van der Waals surface area contributed by atoms with Gasteiger partial charge in [0.05, 0.1) is 12.0 Å². The van der Waals surface area contributed by atoms with Crippen LogP contribution in [-0.4, -0.2) is 57.5 Å². The molecule has 3 aromatic rings. The summed E-state index contributed by atoms with van der Waals surface area (Å²) in [5.74, 6) is 0.196. The number of anilines is 1. The first kappa shape index (κ1) is 38.9. The number of nitrogens with one attached hydrogen (secondary N) is 3. The largest absolute Gasteiger partial charge is 0.508 e. The van der Waals surface area contributed by atoms with Gasteiger partial charge in [0.15, 0.2) is 10.5 Å². The molecule has 1 amide bonds. The van der Waals surface area contributed by atoms with Gasteiger partial charge in [-0.25, -0.2) is 4.79 Å². The molecule has 6 N–H and O–H groups in total. The highest BCUT2D eigenvalue weighted by molar-refractivity contribution is 7.80. The number of carbonyl (C=O) groups is 3. The molecule has 1 unspecified atom stereocenters. The average molecular weight is 804 g/mol. The van der Waals surface area contributed by atoms with Crippen LogP contribution in [0, 0.1) is 17.3 Å². The number of hydrogen-bond acceptors (Lipinski definition) is 9. The van der Waals surface area contributed by atoms with Crippen molar-refractivity contribution in [1.29, 1.82) is 0 Å². The first-order valence-corrected chi connectivity index (χ1v) is 20.2. The molecule has 13 heteroatoms. The second kappa shape index (κ2) is 15.8. The van der Waals surface area contributed by atoms with Crippen LogP contribution >= 0.6 is 12.2 Å². The molecule has 4 aliphatic carbocycles. The number of aromatic carboxylic acids is 1. The lowest BCUT2D eigenvalue weighted by molar-refractivity contribution is -0.158. The summed E-state index contributed by atoms with van der Waals surface area (Å²) in [4.78, 5) is 50.3. The van der Waals surface area contributed by atoms with Crippen LogP contribution in [0.25, 0.3) is 33.4 Å². The van der Waals surface area contributed by atoms with Crippen LogP contribution in [0.1, 0.15) is 79.3 Å². The third kappa shape index (κ3) is 7.58. The van der Waals surface area contributed by atoms with E-state index in [1.165, 1.54) is 41.5 Å². The molecule has 5 aliphatic rings. The maximum atomic E-state index is 13.0. The summed E-state index contributed by atoms with van der Waals surface area (Å²) in [6, 6.07) is 19.4. The minimum absolute atomic E-state index is 0.00628. The van der Waals surface area contributed by atoms with Gasteiger partial charge in [-0.15, -0.1) is 0 Å². The minimum atomic E-state index is -1.19. The molecule has 5 atom stereocenters. The van der Waals surface area contributed by atoms with E-state index in [4.69, 9.17) is 21.4 Å². The zero-order valence-electron chi connectivity index (χ0n) is 32.0. The number of aryl methyl sites for hydroxylation is 1. The van der Waals surface area contributed by atoms with E-state index in [0.29, 0.717) is 51.3 Å². The highest BCUT2D eigenvalue weighted by atomic mass is 32.1. The molecule has 2 fully saturated rings. The van der Waals surface area contributed by atoms with Crippen LogP contribution in [0.2, 0.25) is 0 Å². The third-order valence-corrected chi connectivity index (χ3v) is 12.9. The molecule has 2 saturated carbocycles. The normalized spacial score (nSPS) is 22.0. The predicted octanol–water partition coefficient (Wildman–Crippen LogP) is 7.33. The van der Waals surface area contributed by atoms with Crippen molar-refractivity contribution in [2.75, 3.05) is 18.4 Å². The number of esters is 1. The van der Waals surface area contributed by atoms with Crippen molar-refractivity contribution in [3.05, 3.63) is 99.7 Å². The fraction of sp³-hybridized carbons (Fsp3) is 0.356. The van der Waals surface area contributed by atoms with Crippen molar-refractivity contribution in [2.24, 2.45) is 17.3 Å². The van der Waals surface area contributed by atoms with E-state index in [-0.39, 0.29) is 82.5 Å². The summed E-state index contributed by atoms with van der Waals surface area (Å²) in [5, 5.41) is 39.9. The second-order valence-electron chi connectivity index (χ2n) is 16.0. The summed E-state index contributed by atoms with van der Waals surface area (Å²) in [5.41, 5.74) is 4.38. The number of amides is 1. The SMILES string of the molecule is C[C@]12CC[C@@H]3c4ccc(O)cc4CC[C@H]3[C@@H]1CCC2OC(=O)CCC(=O)NCCNC(=S)Nc1ccc(-c2c3ccc(=O)cc-3oc3cc(O)ccc23)c(C(=O)O)c1. The molecule has 0 saturated heterocycles. The van der Waals surface area contributed by atoms with Gasteiger partial charge < -0.3 is 40.4 Å². The average Bonchev–Trinajstić information content (AvgIpc) is 3.52. The lowest BCUT2D eigenvalue weighted by Crippen LogP contribution is -2.45. The number of carboxylic acid groups (broad SMARTS) is 1. The zero-order valence-corrected chi connectivity index (χ0v) is 32.8. The van der Waals surface area contributed by atoms with E-state index in [1.54, 1.807) is 30.3 Å². The summed E-state index contributed by atoms with van der Waals surface area (Å²) in [6.07, 6.45) is 5.75. The number of ether oxygens (including phenoxy) is 1. The molecule has 1 heterocycles. The van der Waals surface area contributed by atoms with Gasteiger partial charge in [-0.2, -0.15) is 0 Å². The summed E-state index contributed by atoms with van der Waals surface area (Å²) in [7, 11) is 0. The van der Waals surface area contributed by atoms with Gasteiger partial charge in [-0.05, 0) is 134 Å². The van der Waals surface area contributed by atoms with Crippen molar-refractivity contribution < 1.29 is 38.9 Å².